The fraction of sp³-hybridized carbons (Fsp3) is 0.400. The second-order valence-electron chi connectivity index (χ2n) is 7.74. The van der Waals surface area contributed by atoms with Crippen molar-refractivity contribution in [2.24, 2.45) is 0 Å². The molecule has 2 unspecified atom stereocenters. The predicted molar refractivity (Wildman–Crippen MR) is 120 cm³/mol. The number of allylic oxidation sites excluding steroid dienone is 1. The summed E-state index contributed by atoms with van der Waals surface area (Å²) in [7, 11) is 0. The number of ketones is 1. The number of ether oxygens (including phenoxy) is 4. The van der Waals surface area contributed by atoms with Crippen LogP contribution in [0.2, 0.25) is 5.02 Å². The number of rotatable bonds is 7. The van der Waals surface area contributed by atoms with E-state index in [1.54, 1.807) is 30.3 Å². The van der Waals surface area contributed by atoms with Crippen LogP contribution >= 0.6 is 11.6 Å². The summed E-state index contributed by atoms with van der Waals surface area (Å²) in [6.07, 6.45) is 8.52. The normalized spacial score (nSPS) is 21.7. The lowest BCUT2D eigenvalue weighted by Gasteiger charge is -2.25. The van der Waals surface area contributed by atoms with Gasteiger partial charge in [-0.05, 0) is 67.7 Å². The van der Waals surface area contributed by atoms with Crippen LogP contribution in [0, 0.1) is 0 Å². The Bertz CT molecular complexity index is 897. The van der Waals surface area contributed by atoms with Gasteiger partial charge in [0.25, 0.3) is 0 Å². The Morgan fingerprint density at radius 3 is 2.23 bits per heavy atom. The maximum Gasteiger partial charge on any atom is 0.199 e. The highest BCUT2D eigenvalue weighted by molar-refractivity contribution is 6.30. The van der Waals surface area contributed by atoms with E-state index < -0.39 is 0 Å². The average molecular weight is 443 g/mol. The first-order chi connectivity index (χ1) is 15.2. The van der Waals surface area contributed by atoms with Crippen molar-refractivity contribution >= 4 is 23.5 Å². The number of benzene rings is 2. The first-order valence-corrected chi connectivity index (χ1v) is 11.2. The Labute approximate surface area is 187 Å². The predicted octanol–water partition coefficient (Wildman–Crippen LogP) is 6.05. The van der Waals surface area contributed by atoms with E-state index in [9.17, 15) is 4.79 Å². The molecule has 0 spiro atoms. The third-order valence-electron chi connectivity index (χ3n) is 5.32. The van der Waals surface area contributed by atoms with Gasteiger partial charge in [-0.1, -0.05) is 29.8 Å². The smallest absolute Gasteiger partial charge is 0.199 e. The van der Waals surface area contributed by atoms with Crippen LogP contribution < -0.4 is 9.47 Å². The highest BCUT2D eigenvalue weighted by atomic mass is 35.5. The lowest BCUT2D eigenvalue weighted by Crippen LogP contribution is -2.26. The molecule has 31 heavy (non-hydrogen) atoms. The van der Waals surface area contributed by atoms with E-state index in [0.717, 1.165) is 44.1 Å². The number of hydrogen-bond acceptors (Lipinski definition) is 5. The second-order valence-corrected chi connectivity index (χ2v) is 8.17. The number of carbonyl (C=O) groups is 1. The van der Waals surface area contributed by atoms with E-state index in [1.165, 1.54) is 6.08 Å². The van der Waals surface area contributed by atoms with Gasteiger partial charge in [0.05, 0.1) is 18.8 Å². The number of carbonyl (C=O) groups excluding carboxylic acids is 1. The lowest BCUT2D eigenvalue weighted by atomic mass is 10.1. The number of hydrogen-bond donors (Lipinski definition) is 0. The molecule has 164 valence electrons. The highest BCUT2D eigenvalue weighted by Crippen LogP contribution is 2.30. The van der Waals surface area contributed by atoms with Gasteiger partial charge in [-0.25, -0.2) is 0 Å². The van der Waals surface area contributed by atoms with Crippen LogP contribution in [0.1, 0.15) is 54.4 Å². The molecule has 6 heteroatoms. The molecule has 0 saturated carbocycles. The van der Waals surface area contributed by atoms with E-state index in [4.69, 9.17) is 30.5 Å². The van der Waals surface area contributed by atoms with Crippen LogP contribution in [0.15, 0.2) is 48.5 Å². The summed E-state index contributed by atoms with van der Waals surface area (Å²) in [5.41, 5.74) is 1.33. The van der Waals surface area contributed by atoms with Gasteiger partial charge < -0.3 is 18.9 Å². The van der Waals surface area contributed by atoms with Gasteiger partial charge in [-0.3, -0.25) is 4.79 Å². The first kappa shape index (κ1) is 21.9. The van der Waals surface area contributed by atoms with E-state index in [1.807, 2.05) is 18.2 Å². The van der Waals surface area contributed by atoms with Crippen LogP contribution in [0.3, 0.4) is 0 Å². The molecule has 2 aliphatic heterocycles. The van der Waals surface area contributed by atoms with Gasteiger partial charge in [-0.15, -0.1) is 0 Å². The Hall–Kier alpha value is -2.34. The first-order valence-electron chi connectivity index (χ1n) is 10.9. The molecule has 5 nitrogen and oxygen atoms in total. The second kappa shape index (κ2) is 10.8. The Balaban J connectivity index is 1.54. The standard InChI is InChI=1S/C25H27ClO5/c26-19-10-7-18(8-11-19)9-13-22(27)21-17-20(30-24-5-1-3-15-28-24)12-14-23(21)31-25-6-2-4-16-29-25/h7-14,17,24-25H,1-6,15-16H2/b13-9+. The number of halogens is 1. The zero-order valence-electron chi connectivity index (χ0n) is 17.4. The summed E-state index contributed by atoms with van der Waals surface area (Å²) >= 11 is 5.94. The Morgan fingerprint density at radius 1 is 0.903 bits per heavy atom. The van der Waals surface area contributed by atoms with Crippen LogP contribution in [-0.4, -0.2) is 31.6 Å². The quantitative estimate of drug-likeness (QED) is 0.386. The third kappa shape index (κ3) is 6.33. The maximum absolute atomic E-state index is 13.1. The Morgan fingerprint density at radius 2 is 1.58 bits per heavy atom. The molecule has 0 aliphatic carbocycles. The largest absolute Gasteiger partial charge is 0.465 e. The SMILES string of the molecule is O=C(/C=C/c1ccc(Cl)cc1)c1cc(OC2CCCCO2)ccc1OC1CCCCO1. The molecule has 0 N–H and O–H groups in total. The van der Waals surface area contributed by atoms with E-state index in [0.29, 0.717) is 35.3 Å². The molecule has 0 amide bonds. The van der Waals surface area contributed by atoms with Gasteiger partial charge in [0.15, 0.2) is 18.4 Å². The van der Waals surface area contributed by atoms with Crippen molar-refractivity contribution in [3.05, 3.63) is 64.7 Å². The molecule has 0 bridgehead atoms. The van der Waals surface area contributed by atoms with Gasteiger partial charge in [0.2, 0.25) is 0 Å². The van der Waals surface area contributed by atoms with Crippen molar-refractivity contribution in [2.45, 2.75) is 51.1 Å². The molecule has 0 aromatic heterocycles. The van der Waals surface area contributed by atoms with Crippen LogP contribution in [0.5, 0.6) is 11.5 Å². The minimum atomic E-state index is -0.339. The van der Waals surface area contributed by atoms with Crippen LogP contribution in [0.25, 0.3) is 6.08 Å². The molecule has 4 rings (SSSR count). The van der Waals surface area contributed by atoms with Crippen molar-refractivity contribution in [3.8, 4) is 11.5 Å². The van der Waals surface area contributed by atoms with Crippen molar-refractivity contribution in [1.82, 2.24) is 0 Å². The molecule has 0 radical (unpaired) electrons. The summed E-state index contributed by atoms with van der Waals surface area (Å²) in [4.78, 5) is 13.1. The molecule has 2 saturated heterocycles. The van der Waals surface area contributed by atoms with Gasteiger partial charge in [0, 0.05) is 17.9 Å². The molecular formula is C25H27ClO5. The van der Waals surface area contributed by atoms with Crippen molar-refractivity contribution < 1.29 is 23.7 Å². The summed E-state index contributed by atoms with van der Waals surface area (Å²) in [6.45, 7) is 1.37. The molecule has 2 aromatic carbocycles. The fourth-order valence-electron chi connectivity index (χ4n) is 3.61. The fourth-order valence-corrected chi connectivity index (χ4v) is 3.74. The monoisotopic (exact) mass is 442 g/mol. The van der Waals surface area contributed by atoms with Gasteiger partial charge in [0.1, 0.15) is 11.5 Å². The minimum absolute atomic E-state index is 0.171. The van der Waals surface area contributed by atoms with E-state index in [-0.39, 0.29) is 18.4 Å². The third-order valence-corrected chi connectivity index (χ3v) is 5.57. The lowest BCUT2D eigenvalue weighted by molar-refractivity contribution is -0.107. The van der Waals surface area contributed by atoms with Gasteiger partial charge in [-0.2, -0.15) is 0 Å². The molecular weight excluding hydrogens is 416 g/mol. The Kier molecular flexibility index (Phi) is 7.62. The van der Waals surface area contributed by atoms with Crippen molar-refractivity contribution in [3.63, 3.8) is 0 Å². The topological polar surface area (TPSA) is 54.0 Å². The van der Waals surface area contributed by atoms with Crippen LogP contribution in [-0.2, 0) is 9.47 Å². The summed E-state index contributed by atoms with van der Waals surface area (Å²) in [5, 5.41) is 0.654. The molecule has 2 fully saturated rings. The molecule has 2 heterocycles. The van der Waals surface area contributed by atoms with Crippen LogP contribution in [0.4, 0.5) is 0 Å². The molecule has 2 aliphatic rings. The summed E-state index contributed by atoms with van der Waals surface area (Å²) < 4.78 is 23.4. The van der Waals surface area contributed by atoms with Crippen molar-refractivity contribution in [2.75, 3.05) is 13.2 Å². The van der Waals surface area contributed by atoms with E-state index >= 15 is 0 Å². The minimum Gasteiger partial charge on any atom is -0.465 e. The van der Waals surface area contributed by atoms with E-state index in [2.05, 4.69) is 0 Å². The maximum atomic E-state index is 13.1. The molecule has 2 aromatic rings. The highest BCUT2D eigenvalue weighted by Gasteiger charge is 2.21. The average Bonchev–Trinajstić information content (AvgIpc) is 2.81. The summed E-state index contributed by atoms with van der Waals surface area (Å²) in [5.74, 6) is 0.914. The zero-order valence-corrected chi connectivity index (χ0v) is 18.2. The van der Waals surface area contributed by atoms with Crippen molar-refractivity contribution in [1.29, 1.82) is 0 Å². The van der Waals surface area contributed by atoms with Gasteiger partial charge >= 0.3 is 0 Å². The molecule has 2 atom stereocenters. The summed E-state index contributed by atoms with van der Waals surface area (Å²) in [6, 6.07) is 12.6. The zero-order chi connectivity index (χ0) is 21.5.